The number of methoxy groups -OCH3 is 2. The third-order valence-electron chi connectivity index (χ3n) is 9.45. The molecule has 0 amide bonds. The quantitative estimate of drug-likeness (QED) is 0.111. The van der Waals surface area contributed by atoms with Crippen molar-refractivity contribution in [3.05, 3.63) is 145 Å². The number of pyridine rings is 4. The van der Waals surface area contributed by atoms with Crippen molar-refractivity contribution in [2.24, 2.45) is 0 Å². The summed E-state index contributed by atoms with van der Waals surface area (Å²) < 4.78 is 68.0. The van der Waals surface area contributed by atoms with Gasteiger partial charge < -0.3 is 19.5 Å². The topological polar surface area (TPSA) is 189 Å². The zero-order valence-corrected chi connectivity index (χ0v) is 40.9. The van der Waals surface area contributed by atoms with Crippen molar-refractivity contribution in [1.29, 1.82) is 0 Å². The summed E-state index contributed by atoms with van der Waals surface area (Å²) >= 11 is 8.98. The van der Waals surface area contributed by atoms with Crippen LogP contribution in [0.15, 0.2) is 128 Å². The molecule has 2 N–H and O–H groups in total. The zero-order valence-electron chi connectivity index (χ0n) is 33.9. The Balaban J connectivity index is 0.000000171. The van der Waals surface area contributed by atoms with Crippen molar-refractivity contribution < 1.29 is 36.4 Å². The van der Waals surface area contributed by atoms with Gasteiger partial charge in [0.2, 0.25) is 0 Å². The highest BCUT2D eigenvalue weighted by molar-refractivity contribution is 14.1. The highest BCUT2D eigenvalue weighted by Crippen LogP contribution is 2.37. The molecule has 0 saturated carbocycles. The zero-order chi connectivity index (χ0) is 45.1. The van der Waals surface area contributed by atoms with E-state index in [-0.39, 0.29) is 15.4 Å². The third kappa shape index (κ3) is 9.75. The van der Waals surface area contributed by atoms with E-state index in [0.29, 0.717) is 50.8 Å². The van der Waals surface area contributed by atoms with Gasteiger partial charge in [0.1, 0.15) is 11.5 Å². The number of fused-ring (bicyclic) bond motifs is 2. The molecule has 2 aromatic carbocycles. The van der Waals surface area contributed by atoms with Crippen molar-refractivity contribution in [3.63, 3.8) is 0 Å². The normalized spacial score (nSPS) is 11.4. The number of halogens is 3. The predicted molar refractivity (Wildman–Crippen MR) is 255 cm³/mol. The van der Waals surface area contributed by atoms with Crippen LogP contribution in [0.3, 0.4) is 0 Å². The Kier molecular flexibility index (Phi) is 14.6. The molecular formula is C42H38BBr2IN6O8S2. The molecule has 0 aliphatic carbocycles. The lowest BCUT2D eigenvalue weighted by molar-refractivity contribution is 0.411. The van der Waals surface area contributed by atoms with Gasteiger partial charge in [-0.05, 0) is 143 Å². The van der Waals surface area contributed by atoms with Gasteiger partial charge in [0, 0.05) is 52.6 Å². The van der Waals surface area contributed by atoms with E-state index in [2.05, 4.69) is 74.4 Å². The molecule has 8 rings (SSSR count). The lowest BCUT2D eigenvalue weighted by atomic mass is 9.86. The minimum Gasteiger partial charge on any atom is -0.495 e. The second-order valence-corrected chi connectivity index (χ2v) is 20.1. The maximum Gasteiger partial charge on any atom is 0.508 e. The molecule has 62 heavy (non-hydrogen) atoms. The summed E-state index contributed by atoms with van der Waals surface area (Å²) in [6, 6.07) is 24.1. The summed E-state index contributed by atoms with van der Waals surface area (Å²) in [6.07, 6.45) is 6.24. The van der Waals surface area contributed by atoms with Gasteiger partial charge in [-0.1, -0.05) is 35.4 Å². The van der Waals surface area contributed by atoms with Crippen LogP contribution in [0, 0.1) is 31.3 Å². The summed E-state index contributed by atoms with van der Waals surface area (Å²) in [5.41, 5.74) is 5.60. The van der Waals surface area contributed by atoms with Crippen molar-refractivity contribution in [2.45, 2.75) is 37.5 Å². The molecular weight excluding hydrogens is 1080 g/mol. The monoisotopic (exact) mass is 1110 g/mol. The molecule has 0 fully saturated rings. The molecule has 0 radical (unpaired) electrons. The van der Waals surface area contributed by atoms with Crippen LogP contribution in [0.25, 0.3) is 33.3 Å². The summed E-state index contributed by atoms with van der Waals surface area (Å²) in [5.74, 6) is 1.22. The van der Waals surface area contributed by atoms with Gasteiger partial charge in [-0.3, -0.25) is 9.97 Å². The van der Waals surface area contributed by atoms with Crippen LogP contribution in [-0.4, -0.2) is 76.1 Å². The molecule has 6 heterocycles. The first-order valence-corrected chi connectivity index (χ1v) is 23.9. The highest BCUT2D eigenvalue weighted by atomic mass is 127. The van der Waals surface area contributed by atoms with Gasteiger partial charge in [0.05, 0.1) is 47.7 Å². The summed E-state index contributed by atoms with van der Waals surface area (Å²) in [5, 5.41) is 18.8. The number of aryl methyl sites for hydroxylation is 2. The first kappa shape index (κ1) is 46.8. The van der Waals surface area contributed by atoms with Crippen molar-refractivity contribution in [3.8, 4) is 22.8 Å². The van der Waals surface area contributed by atoms with Crippen LogP contribution >= 0.6 is 54.5 Å². The number of hydrogen-bond acceptors (Lipinski definition) is 12. The van der Waals surface area contributed by atoms with Gasteiger partial charge in [-0.15, -0.1) is 0 Å². The predicted octanol–water partition coefficient (Wildman–Crippen LogP) is 7.75. The van der Waals surface area contributed by atoms with Crippen molar-refractivity contribution in [1.82, 2.24) is 27.9 Å². The molecule has 0 aliphatic rings. The molecule has 320 valence electrons. The maximum absolute atomic E-state index is 13.5. The van der Waals surface area contributed by atoms with Crippen LogP contribution in [0.2, 0.25) is 0 Å². The lowest BCUT2D eigenvalue weighted by Crippen LogP contribution is -2.32. The Hall–Kier alpha value is -4.71. The number of benzene rings is 2. The van der Waals surface area contributed by atoms with E-state index in [1.165, 1.54) is 27.3 Å². The first-order valence-electron chi connectivity index (χ1n) is 18.4. The lowest BCUT2D eigenvalue weighted by Gasteiger charge is -2.10. The summed E-state index contributed by atoms with van der Waals surface area (Å²) in [4.78, 5) is 17.4. The van der Waals surface area contributed by atoms with Crippen molar-refractivity contribution >= 4 is 109 Å². The average Bonchev–Trinajstić information content (AvgIpc) is 3.69. The van der Waals surface area contributed by atoms with E-state index in [1.54, 1.807) is 100 Å². The Morgan fingerprint density at radius 1 is 0.597 bits per heavy atom. The molecule has 0 unspecified atom stereocenters. The minimum absolute atomic E-state index is 0.210. The van der Waals surface area contributed by atoms with E-state index < -0.39 is 27.2 Å². The fourth-order valence-electron chi connectivity index (χ4n) is 6.29. The molecule has 0 saturated heterocycles. The largest absolute Gasteiger partial charge is 0.508 e. The molecule has 0 bridgehead atoms. The fraction of sp³-hybridized carbons (Fsp3) is 0.143. The highest BCUT2D eigenvalue weighted by Gasteiger charge is 2.28. The van der Waals surface area contributed by atoms with E-state index in [9.17, 15) is 16.8 Å². The second kappa shape index (κ2) is 19.4. The first-order chi connectivity index (χ1) is 29.4. The standard InChI is InChI=1S/C21H18BrN3O3S.C15H12BrIN2O2S.C6H8BNO3/c1-13-4-7-17(8-5-13)29(26,27)25-14(2)20(18-10-15(22)11-24-21(18)25)19-9-6-16(28-3)12-23-19;1-9-3-5-12(6-4-9)22(20,21)19-10(2)14(17)13-7-11(16)8-18-15(13)19;1-11-5-2-3-6(7(9)10)8-4-5/h4-12H,1-3H3;3-8H,1-2H3;2-4,9-10H,1H3. The van der Waals surface area contributed by atoms with Crippen LogP contribution in [-0.2, 0) is 20.0 Å². The molecule has 8 aromatic rings. The van der Waals surface area contributed by atoms with Gasteiger partial charge in [0.25, 0.3) is 20.0 Å². The SMILES string of the molecule is COc1ccc(-c2c(C)n(S(=O)(=O)c3ccc(C)cc3)c3ncc(Br)cc23)nc1.COc1ccc(B(O)O)nc1.Cc1ccc(S(=O)(=O)n2c(C)c(I)c3cc(Br)cnc32)cc1. The maximum atomic E-state index is 13.5. The van der Waals surface area contributed by atoms with E-state index in [1.807, 2.05) is 32.0 Å². The Morgan fingerprint density at radius 2 is 1.05 bits per heavy atom. The number of aromatic nitrogens is 6. The van der Waals surface area contributed by atoms with Gasteiger partial charge in [0.15, 0.2) is 11.3 Å². The van der Waals surface area contributed by atoms with Crippen LogP contribution < -0.4 is 15.1 Å². The summed E-state index contributed by atoms with van der Waals surface area (Å²) in [6.45, 7) is 7.40. The summed E-state index contributed by atoms with van der Waals surface area (Å²) in [7, 11) is -5.93. The number of nitrogens with zero attached hydrogens (tertiary/aromatic N) is 6. The van der Waals surface area contributed by atoms with Gasteiger partial charge in [-0.25, -0.2) is 34.7 Å². The molecule has 14 nitrogen and oxygen atoms in total. The second-order valence-electron chi connectivity index (χ2n) is 13.7. The fourth-order valence-corrected chi connectivity index (χ4v) is 10.8. The van der Waals surface area contributed by atoms with E-state index in [4.69, 9.17) is 19.5 Å². The Labute approximate surface area is 389 Å². The average molecular weight is 1120 g/mol. The number of rotatable bonds is 8. The Bertz CT molecular complexity index is 3120. The molecule has 0 atom stereocenters. The number of ether oxygens (including phenoxy) is 2. The van der Waals surface area contributed by atoms with Crippen LogP contribution in [0.4, 0.5) is 0 Å². The Morgan fingerprint density at radius 3 is 1.48 bits per heavy atom. The molecule has 0 spiro atoms. The van der Waals surface area contributed by atoms with E-state index >= 15 is 0 Å². The number of hydrogen-bond donors (Lipinski definition) is 2. The van der Waals surface area contributed by atoms with E-state index in [0.717, 1.165) is 29.0 Å². The van der Waals surface area contributed by atoms with Gasteiger partial charge >= 0.3 is 7.12 Å². The van der Waals surface area contributed by atoms with Crippen LogP contribution in [0.5, 0.6) is 11.5 Å². The van der Waals surface area contributed by atoms with Crippen LogP contribution in [0.1, 0.15) is 22.5 Å². The molecule has 0 aliphatic heterocycles. The molecule has 20 heteroatoms. The molecule has 6 aromatic heterocycles. The third-order valence-corrected chi connectivity index (χ3v) is 15.3. The van der Waals surface area contributed by atoms with Gasteiger partial charge in [-0.2, -0.15) is 0 Å². The van der Waals surface area contributed by atoms with Crippen molar-refractivity contribution in [2.75, 3.05) is 14.2 Å². The minimum atomic E-state index is -3.84. The smallest absolute Gasteiger partial charge is 0.495 e.